The molecule has 1 aromatic heterocycles. The van der Waals surface area contributed by atoms with Crippen LogP contribution in [-0.2, 0) is 27.4 Å². The van der Waals surface area contributed by atoms with Crippen LogP contribution in [0.15, 0.2) is 90.2 Å². The smallest absolute Gasteiger partial charge is 0.408 e. The number of benzene rings is 3. The summed E-state index contributed by atoms with van der Waals surface area (Å²) < 4.78 is 13.2. The summed E-state index contributed by atoms with van der Waals surface area (Å²) in [6, 6.07) is 24.2. The number of alkyl carbamates (subject to hydrolysis) is 1. The van der Waals surface area contributed by atoms with Crippen molar-refractivity contribution in [3.8, 4) is 0 Å². The molecule has 2 N–H and O–H groups in total. The van der Waals surface area contributed by atoms with E-state index in [0.29, 0.717) is 11.6 Å². The Kier molecular flexibility index (Phi) is 9.58. The van der Waals surface area contributed by atoms with Crippen molar-refractivity contribution in [2.45, 2.75) is 45.6 Å². The van der Waals surface area contributed by atoms with Crippen molar-refractivity contribution >= 4 is 40.7 Å². The molecule has 208 valence electrons. The fourth-order valence-corrected chi connectivity index (χ4v) is 4.17. The summed E-state index contributed by atoms with van der Waals surface area (Å²) in [5.74, 6) is -0.528. The fraction of sp³-hybridized carbons (Fsp3) is 0.258. The zero-order chi connectivity index (χ0) is 28.5. The molecule has 0 aliphatic heterocycles. The van der Waals surface area contributed by atoms with E-state index < -0.39 is 23.6 Å². The monoisotopic (exact) mass is 560 g/mol. The van der Waals surface area contributed by atoms with Crippen LogP contribution in [-0.4, -0.2) is 41.0 Å². The number of carbonyl (C=O) groups excluding carboxylic acids is 2. The molecular weight excluding hydrogens is 528 g/mol. The zero-order valence-corrected chi connectivity index (χ0v) is 23.5. The summed E-state index contributed by atoms with van der Waals surface area (Å²) in [4.78, 5) is 25.4. The molecular formula is C31H33ClN4O4. The molecule has 0 spiro atoms. The molecule has 40 heavy (non-hydrogen) atoms. The van der Waals surface area contributed by atoms with Gasteiger partial charge in [-0.05, 0) is 50.1 Å². The highest BCUT2D eigenvalue weighted by molar-refractivity contribution is 6.30. The Morgan fingerprint density at radius 2 is 1.68 bits per heavy atom. The molecule has 1 atom stereocenters. The van der Waals surface area contributed by atoms with Gasteiger partial charge < -0.3 is 19.4 Å². The van der Waals surface area contributed by atoms with E-state index in [0.717, 1.165) is 27.6 Å². The maximum atomic E-state index is 13.0. The first-order valence-corrected chi connectivity index (χ1v) is 13.3. The third kappa shape index (κ3) is 8.43. The van der Waals surface area contributed by atoms with Crippen LogP contribution in [0.1, 0.15) is 37.5 Å². The molecule has 0 aliphatic rings. The molecule has 8 nitrogen and oxygen atoms in total. The zero-order valence-electron chi connectivity index (χ0n) is 22.8. The highest BCUT2D eigenvalue weighted by Gasteiger charge is 2.24. The quantitative estimate of drug-likeness (QED) is 0.186. The highest BCUT2D eigenvalue weighted by Crippen LogP contribution is 2.22. The normalized spacial score (nSPS) is 12.4. The standard InChI is InChI=1S/C31H33ClN4O4/c1-31(2,3)40-30(38)34-27(21-39-20-23-9-5-4-6-10-23)29(37)35-33-17-24-19-36(28-12-8-7-11-26(24)28)18-22-13-15-25(32)16-14-22/h4-17,19,27H,18,20-21H2,1-3H3,(H,34,38)(H,35,37)/b33-17-/t27-/m0/s1. The summed E-state index contributed by atoms with van der Waals surface area (Å²) in [5.41, 5.74) is 5.74. The van der Waals surface area contributed by atoms with E-state index in [4.69, 9.17) is 21.1 Å². The molecule has 0 saturated carbocycles. The molecule has 0 fully saturated rings. The maximum Gasteiger partial charge on any atom is 0.408 e. The Morgan fingerprint density at radius 3 is 2.40 bits per heavy atom. The van der Waals surface area contributed by atoms with E-state index >= 15 is 0 Å². The lowest BCUT2D eigenvalue weighted by atomic mass is 10.2. The number of ether oxygens (including phenoxy) is 2. The lowest BCUT2D eigenvalue weighted by molar-refractivity contribution is -0.124. The Bertz CT molecular complexity index is 1460. The van der Waals surface area contributed by atoms with E-state index in [9.17, 15) is 9.59 Å². The molecule has 0 radical (unpaired) electrons. The topological polar surface area (TPSA) is 93.9 Å². The molecule has 0 unspecified atom stereocenters. The number of halogens is 1. The molecule has 0 bridgehead atoms. The van der Waals surface area contributed by atoms with Gasteiger partial charge >= 0.3 is 6.09 Å². The van der Waals surface area contributed by atoms with Crippen molar-refractivity contribution < 1.29 is 19.1 Å². The fourth-order valence-electron chi connectivity index (χ4n) is 4.04. The maximum absolute atomic E-state index is 13.0. The molecule has 1 heterocycles. The molecule has 4 aromatic rings. The average Bonchev–Trinajstić information content (AvgIpc) is 3.26. The van der Waals surface area contributed by atoms with Gasteiger partial charge in [-0.3, -0.25) is 4.79 Å². The van der Waals surface area contributed by atoms with Gasteiger partial charge in [0.2, 0.25) is 0 Å². The number of amides is 2. The van der Waals surface area contributed by atoms with Crippen LogP contribution >= 0.6 is 11.6 Å². The van der Waals surface area contributed by atoms with Gasteiger partial charge in [-0.2, -0.15) is 5.10 Å². The van der Waals surface area contributed by atoms with Crippen molar-refractivity contribution in [2.75, 3.05) is 6.61 Å². The summed E-state index contributed by atoms with van der Waals surface area (Å²) in [5, 5.41) is 8.46. The summed E-state index contributed by atoms with van der Waals surface area (Å²) in [6.07, 6.45) is 2.85. The van der Waals surface area contributed by atoms with Crippen LogP contribution in [0, 0.1) is 0 Å². The number of hydrazone groups is 1. The largest absolute Gasteiger partial charge is 0.444 e. The summed E-state index contributed by atoms with van der Waals surface area (Å²) in [7, 11) is 0. The third-order valence-corrected chi connectivity index (χ3v) is 6.12. The van der Waals surface area contributed by atoms with Gasteiger partial charge in [-0.25, -0.2) is 10.2 Å². The van der Waals surface area contributed by atoms with Crippen molar-refractivity contribution in [1.29, 1.82) is 0 Å². The van der Waals surface area contributed by atoms with Crippen molar-refractivity contribution in [3.63, 3.8) is 0 Å². The SMILES string of the molecule is CC(C)(C)OC(=O)N[C@@H](COCc1ccccc1)C(=O)N/N=C\c1cn(Cc2ccc(Cl)cc2)c2ccccc12. The number of carbonyl (C=O) groups is 2. The van der Waals surface area contributed by atoms with Gasteiger partial charge in [0, 0.05) is 34.2 Å². The van der Waals surface area contributed by atoms with E-state index in [1.807, 2.05) is 85.1 Å². The first kappa shape index (κ1) is 28.9. The lowest BCUT2D eigenvalue weighted by Crippen LogP contribution is -2.49. The van der Waals surface area contributed by atoms with Crippen molar-refractivity contribution in [2.24, 2.45) is 5.10 Å². The first-order chi connectivity index (χ1) is 19.2. The number of hydrogen-bond acceptors (Lipinski definition) is 5. The minimum Gasteiger partial charge on any atom is -0.444 e. The van der Waals surface area contributed by atoms with Gasteiger partial charge in [-0.1, -0.05) is 72.3 Å². The second-order valence-electron chi connectivity index (χ2n) is 10.3. The summed E-state index contributed by atoms with van der Waals surface area (Å²) >= 11 is 6.03. The van der Waals surface area contributed by atoms with Crippen LogP contribution in [0.5, 0.6) is 0 Å². The Morgan fingerprint density at radius 1 is 0.975 bits per heavy atom. The number of aromatic nitrogens is 1. The molecule has 0 aliphatic carbocycles. The van der Waals surface area contributed by atoms with E-state index in [1.54, 1.807) is 27.0 Å². The summed E-state index contributed by atoms with van der Waals surface area (Å²) in [6.45, 7) is 6.13. The second-order valence-corrected chi connectivity index (χ2v) is 10.7. The van der Waals surface area contributed by atoms with Gasteiger partial charge in [0.05, 0.1) is 19.4 Å². The predicted molar refractivity (Wildman–Crippen MR) is 157 cm³/mol. The van der Waals surface area contributed by atoms with E-state index in [2.05, 4.69) is 20.4 Å². The Balaban J connectivity index is 1.45. The number of fused-ring (bicyclic) bond motifs is 1. The average molecular weight is 561 g/mol. The van der Waals surface area contributed by atoms with E-state index in [1.165, 1.54) is 0 Å². The molecule has 2 amide bonds. The van der Waals surface area contributed by atoms with Gasteiger partial charge in [0.25, 0.3) is 5.91 Å². The first-order valence-electron chi connectivity index (χ1n) is 12.9. The highest BCUT2D eigenvalue weighted by atomic mass is 35.5. The number of rotatable bonds is 10. The number of para-hydroxylation sites is 1. The number of hydrogen-bond donors (Lipinski definition) is 2. The van der Waals surface area contributed by atoms with Crippen molar-refractivity contribution in [3.05, 3.63) is 107 Å². The minimum atomic E-state index is -1.01. The van der Waals surface area contributed by atoms with E-state index in [-0.39, 0.29) is 13.2 Å². The Labute approximate surface area is 238 Å². The number of nitrogens with one attached hydrogen (secondary N) is 2. The molecule has 9 heteroatoms. The van der Waals surface area contributed by atoms with Crippen molar-refractivity contribution in [1.82, 2.24) is 15.3 Å². The minimum absolute atomic E-state index is 0.0596. The Hall–Kier alpha value is -4.14. The molecule has 4 rings (SSSR count). The molecule has 3 aromatic carbocycles. The second kappa shape index (κ2) is 13.3. The van der Waals surface area contributed by atoms with Gasteiger partial charge in [-0.15, -0.1) is 0 Å². The van der Waals surface area contributed by atoms with Gasteiger partial charge in [0.1, 0.15) is 11.6 Å². The van der Waals surface area contributed by atoms with Crippen LogP contribution in [0.4, 0.5) is 4.79 Å². The lowest BCUT2D eigenvalue weighted by Gasteiger charge is -2.22. The van der Waals surface area contributed by atoms with Gasteiger partial charge in [0.15, 0.2) is 0 Å². The van der Waals surface area contributed by atoms with Crippen LogP contribution in [0.3, 0.4) is 0 Å². The molecule has 0 saturated heterocycles. The van der Waals surface area contributed by atoms with Crippen LogP contribution in [0.25, 0.3) is 10.9 Å². The predicted octanol–water partition coefficient (Wildman–Crippen LogP) is 5.90. The third-order valence-electron chi connectivity index (χ3n) is 5.87. The number of nitrogens with zero attached hydrogens (tertiary/aromatic N) is 2. The van der Waals surface area contributed by atoms with Crippen LogP contribution in [0.2, 0.25) is 5.02 Å². The van der Waals surface area contributed by atoms with Crippen LogP contribution < -0.4 is 10.7 Å².